The van der Waals surface area contributed by atoms with Gasteiger partial charge in [-0.05, 0) is 39.8 Å². The zero-order chi connectivity index (χ0) is 14.3. The highest BCUT2D eigenvalue weighted by atomic mass is 16.5. The van der Waals surface area contributed by atoms with Gasteiger partial charge < -0.3 is 15.4 Å². The average molecular weight is 264 g/mol. The lowest BCUT2D eigenvalue weighted by Crippen LogP contribution is -2.57. The number of carbonyl (C=O) groups is 1. The minimum absolute atomic E-state index is 0.176. The normalized spacial score (nSPS) is 21.2. The largest absolute Gasteiger partial charge is 0.366 e. The molecule has 1 fully saturated rings. The molecule has 0 bridgehead atoms. The van der Waals surface area contributed by atoms with E-state index in [0.717, 1.165) is 18.9 Å². The Morgan fingerprint density at radius 2 is 1.79 bits per heavy atom. The Kier molecular flexibility index (Phi) is 3.22. The van der Waals surface area contributed by atoms with E-state index in [-0.39, 0.29) is 16.9 Å². The van der Waals surface area contributed by atoms with Crippen LogP contribution in [0.3, 0.4) is 0 Å². The third kappa shape index (κ3) is 3.20. The number of hydrogen-bond donors (Lipinski definition) is 1. The van der Waals surface area contributed by atoms with Crippen molar-refractivity contribution in [3.63, 3.8) is 0 Å². The molecule has 104 valence electrons. The molecule has 1 aliphatic heterocycles. The number of rotatable bonds is 2. The fourth-order valence-electron chi connectivity index (χ4n) is 2.57. The van der Waals surface area contributed by atoms with E-state index >= 15 is 0 Å². The van der Waals surface area contributed by atoms with Crippen LogP contribution in [0.5, 0.6) is 0 Å². The number of ether oxygens (including phenoxy) is 1. The van der Waals surface area contributed by atoms with Crippen molar-refractivity contribution in [2.24, 2.45) is 5.73 Å². The van der Waals surface area contributed by atoms with E-state index in [2.05, 4.69) is 15.1 Å². The number of aromatic nitrogens is 2. The van der Waals surface area contributed by atoms with Crippen molar-refractivity contribution in [3.8, 4) is 0 Å². The second kappa shape index (κ2) is 4.45. The standard InChI is InChI=1S/C13H20N4O2/c1-12(2)7-17(8-13(3,4)19-12)10-6-5-9(11(14)18)15-16-10/h5-6H,7-8H2,1-4H3,(H2,14,18). The smallest absolute Gasteiger partial charge is 0.269 e. The molecule has 1 amide bonds. The van der Waals surface area contributed by atoms with Crippen LogP contribution in [0.4, 0.5) is 5.82 Å². The number of carbonyl (C=O) groups excluding carboxylic acids is 1. The van der Waals surface area contributed by atoms with Gasteiger partial charge in [0.25, 0.3) is 5.91 Å². The van der Waals surface area contributed by atoms with E-state index in [9.17, 15) is 4.79 Å². The molecular formula is C13H20N4O2. The summed E-state index contributed by atoms with van der Waals surface area (Å²) in [6.07, 6.45) is 0. The first-order chi connectivity index (χ1) is 8.69. The lowest BCUT2D eigenvalue weighted by Gasteiger charge is -2.47. The molecule has 6 heteroatoms. The second-order valence-electron chi connectivity index (χ2n) is 6.12. The minimum atomic E-state index is -0.568. The van der Waals surface area contributed by atoms with Crippen LogP contribution in [0.15, 0.2) is 12.1 Å². The fourth-order valence-corrected chi connectivity index (χ4v) is 2.57. The summed E-state index contributed by atoms with van der Waals surface area (Å²) in [5.41, 5.74) is 4.81. The molecule has 0 spiro atoms. The van der Waals surface area contributed by atoms with E-state index in [1.54, 1.807) is 12.1 Å². The first-order valence-corrected chi connectivity index (χ1v) is 6.27. The summed E-state index contributed by atoms with van der Waals surface area (Å²) in [7, 11) is 0. The quantitative estimate of drug-likeness (QED) is 0.860. The highest BCUT2D eigenvalue weighted by Gasteiger charge is 2.38. The van der Waals surface area contributed by atoms with Crippen LogP contribution < -0.4 is 10.6 Å². The van der Waals surface area contributed by atoms with Gasteiger partial charge in [0.15, 0.2) is 11.5 Å². The van der Waals surface area contributed by atoms with Gasteiger partial charge in [0.1, 0.15) is 0 Å². The number of nitrogens with two attached hydrogens (primary N) is 1. The third-order valence-corrected chi connectivity index (χ3v) is 2.92. The Hall–Kier alpha value is -1.69. The Morgan fingerprint density at radius 3 is 2.21 bits per heavy atom. The van der Waals surface area contributed by atoms with Crippen LogP contribution in [0.2, 0.25) is 0 Å². The van der Waals surface area contributed by atoms with Crippen LogP contribution >= 0.6 is 0 Å². The van der Waals surface area contributed by atoms with E-state index in [0.29, 0.717) is 0 Å². The van der Waals surface area contributed by atoms with Gasteiger partial charge in [0.2, 0.25) is 0 Å². The van der Waals surface area contributed by atoms with Gasteiger partial charge in [0.05, 0.1) is 11.2 Å². The zero-order valence-corrected chi connectivity index (χ0v) is 11.8. The molecule has 19 heavy (non-hydrogen) atoms. The van der Waals surface area contributed by atoms with Crippen molar-refractivity contribution in [1.82, 2.24) is 10.2 Å². The molecule has 1 saturated heterocycles. The monoisotopic (exact) mass is 264 g/mol. The van der Waals surface area contributed by atoms with Crippen molar-refractivity contribution in [3.05, 3.63) is 17.8 Å². The van der Waals surface area contributed by atoms with Crippen molar-refractivity contribution >= 4 is 11.7 Å². The summed E-state index contributed by atoms with van der Waals surface area (Å²) < 4.78 is 6.01. The summed E-state index contributed by atoms with van der Waals surface area (Å²) >= 11 is 0. The Balaban J connectivity index is 2.23. The predicted molar refractivity (Wildman–Crippen MR) is 72.0 cm³/mol. The molecule has 0 atom stereocenters. The molecule has 2 N–H and O–H groups in total. The molecule has 6 nitrogen and oxygen atoms in total. The highest BCUT2D eigenvalue weighted by molar-refractivity contribution is 5.90. The molecule has 2 heterocycles. The van der Waals surface area contributed by atoms with Crippen LogP contribution in [0.1, 0.15) is 38.2 Å². The predicted octanol–water partition coefficient (Wildman–Crippen LogP) is 0.969. The van der Waals surface area contributed by atoms with Gasteiger partial charge >= 0.3 is 0 Å². The minimum Gasteiger partial charge on any atom is -0.366 e. The molecule has 0 aromatic carbocycles. The maximum absolute atomic E-state index is 11.0. The number of hydrogen-bond acceptors (Lipinski definition) is 5. The van der Waals surface area contributed by atoms with Gasteiger partial charge in [-0.1, -0.05) is 0 Å². The first kappa shape index (κ1) is 13.7. The lowest BCUT2D eigenvalue weighted by atomic mass is 9.99. The third-order valence-electron chi connectivity index (χ3n) is 2.92. The summed E-state index contributed by atoms with van der Waals surface area (Å²) in [5, 5.41) is 7.92. The second-order valence-corrected chi connectivity index (χ2v) is 6.12. The molecule has 0 saturated carbocycles. The van der Waals surface area contributed by atoms with Crippen molar-refractivity contribution in [1.29, 1.82) is 0 Å². The molecule has 0 radical (unpaired) electrons. The van der Waals surface area contributed by atoms with E-state index in [1.807, 2.05) is 27.7 Å². The number of primary amides is 1. The highest BCUT2D eigenvalue weighted by Crippen LogP contribution is 2.30. The van der Waals surface area contributed by atoms with Gasteiger partial charge in [0, 0.05) is 13.1 Å². The molecular weight excluding hydrogens is 244 g/mol. The van der Waals surface area contributed by atoms with E-state index in [4.69, 9.17) is 10.5 Å². The lowest BCUT2D eigenvalue weighted by molar-refractivity contribution is -0.133. The maximum atomic E-state index is 11.0. The SMILES string of the molecule is CC1(C)CN(c2ccc(C(N)=O)nn2)CC(C)(C)O1. The van der Waals surface area contributed by atoms with Crippen LogP contribution in [0, 0.1) is 0 Å². The number of nitrogens with zero attached hydrogens (tertiary/aromatic N) is 3. The van der Waals surface area contributed by atoms with Crippen molar-refractivity contribution in [2.45, 2.75) is 38.9 Å². The summed E-state index contributed by atoms with van der Waals surface area (Å²) in [6.45, 7) is 9.64. The van der Waals surface area contributed by atoms with Gasteiger partial charge in [-0.25, -0.2) is 0 Å². The summed E-state index contributed by atoms with van der Waals surface area (Å²) in [5.74, 6) is 0.163. The van der Waals surface area contributed by atoms with Crippen LogP contribution in [-0.2, 0) is 4.74 Å². The van der Waals surface area contributed by atoms with Crippen molar-refractivity contribution in [2.75, 3.05) is 18.0 Å². The molecule has 1 aromatic heterocycles. The van der Waals surface area contributed by atoms with Crippen LogP contribution in [0.25, 0.3) is 0 Å². The summed E-state index contributed by atoms with van der Waals surface area (Å²) in [6, 6.07) is 3.37. The first-order valence-electron chi connectivity index (χ1n) is 6.27. The fraction of sp³-hybridized carbons (Fsp3) is 0.615. The van der Waals surface area contributed by atoms with Crippen LogP contribution in [-0.4, -0.2) is 40.4 Å². The number of anilines is 1. The summed E-state index contributed by atoms with van der Waals surface area (Å²) in [4.78, 5) is 13.1. The van der Waals surface area contributed by atoms with Crippen molar-refractivity contribution < 1.29 is 9.53 Å². The van der Waals surface area contributed by atoms with E-state index in [1.165, 1.54) is 0 Å². The maximum Gasteiger partial charge on any atom is 0.269 e. The molecule has 0 aliphatic carbocycles. The molecule has 2 rings (SSSR count). The van der Waals surface area contributed by atoms with Gasteiger partial charge in [-0.15, -0.1) is 10.2 Å². The molecule has 1 aliphatic rings. The molecule has 0 unspecified atom stereocenters. The Bertz CT molecular complexity index is 466. The topological polar surface area (TPSA) is 81.3 Å². The average Bonchev–Trinajstić information content (AvgIpc) is 2.25. The Morgan fingerprint density at radius 1 is 1.21 bits per heavy atom. The Labute approximate surface area is 112 Å². The molecule has 1 aromatic rings. The van der Waals surface area contributed by atoms with Gasteiger partial charge in [-0.3, -0.25) is 4.79 Å². The van der Waals surface area contributed by atoms with E-state index < -0.39 is 5.91 Å². The number of amides is 1. The number of morpholine rings is 1. The van der Waals surface area contributed by atoms with Gasteiger partial charge in [-0.2, -0.15) is 0 Å². The zero-order valence-electron chi connectivity index (χ0n) is 11.8.